The van der Waals surface area contributed by atoms with E-state index in [-0.39, 0.29) is 11.8 Å². The molecular formula is C15H10Cl2N4O. The van der Waals surface area contributed by atoms with Gasteiger partial charge < -0.3 is 0 Å². The zero-order valence-corrected chi connectivity index (χ0v) is 12.8. The predicted octanol–water partition coefficient (Wildman–Crippen LogP) is 2.88. The zero-order chi connectivity index (χ0) is 15.7. The Bertz CT molecular complexity index is 802. The molecule has 0 spiro atoms. The standard InChI is InChI=1S/C15H10Cl2N4O/c16-7-14(22)20-6-5-13(10-1-3-12(17)4-2-10)21-15(20)11(8-18)9-19-21/h1-5,9H,6-7H2. The number of carbonyl (C=O) groups excluding carboxylic acids is 1. The fraction of sp³-hybridized carbons (Fsp3) is 0.133. The lowest BCUT2D eigenvalue weighted by Gasteiger charge is -2.27. The summed E-state index contributed by atoms with van der Waals surface area (Å²) in [6, 6.07) is 9.35. The van der Waals surface area contributed by atoms with Crippen LogP contribution in [0, 0.1) is 11.3 Å². The molecule has 2 heterocycles. The van der Waals surface area contributed by atoms with Gasteiger partial charge in [0.25, 0.3) is 0 Å². The average Bonchev–Trinajstić information content (AvgIpc) is 2.98. The molecule has 0 bridgehead atoms. The van der Waals surface area contributed by atoms with Crippen molar-refractivity contribution in [3.8, 4) is 6.07 Å². The summed E-state index contributed by atoms with van der Waals surface area (Å²) in [6.07, 6.45) is 3.31. The number of nitriles is 1. The van der Waals surface area contributed by atoms with E-state index >= 15 is 0 Å². The van der Waals surface area contributed by atoms with Gasteiger partial charge in [-0.05, 0) is 18.2 Å². The highest BCUT2D eigenvalue weighted by Crippen LogP contribution is 2.31. The molecule has 0 fully saturated rings. The van der Waals surface area contributed by atoms with E-state index in [0.29, 0.717) is 22.9 Å². The van der Waals surface area contributed by atoms with E-state index in [1.54, 1.807) is 16.8 Å². The zero-order valence-electron chi connectivity index (χ0n) is 11.3. The quantitative estimate of drug-likeness (QED) is 0.794. The molecule has 1 aromatic heterocycles. The Morgan fingerprint density at radius 2 is 2.09 bits per heavy atom. The first kappa shape index (κ1) is 14.6. The molecular weight excluding hydrogens is 323 g/mol. The fourth-order valence-corrected chi connectivity index (χ4v) is 2.63. The van der Waals surface area contributed by atoms with E-state index in [0.717, 1.165) is 11.3 Å². The summed E-state index contributed by atoms with van der Waals surface area (Å²) in [4.78, 5) is 13.4. The van der Waals surface area contributed by atoms with Crippen LogP contribution in [0.25, 0.3) is 5.70 Å². The Morgan fingerprint density at radius 3 is 2.73 bits per heavy atom. The molecule has 110 valence electrons. The van der Waals surface area contributed by atoms with Gasteiger partial charge in [0.15, 0.2) is 5.82 Å². The molecule has 0 saturated carbocycles. The number of rotatable bonds is 2. The highest BCUT2D eigenvalue weighted by molar-refractivity contribution is 6.30. The molecule has 0 unspecified atom stereocenters. The number of alkyl halides is 1. The molecule has 1 amide bonds. The van der Waals surface area contributed by atoms with Crippen molar-refractivity contribution >= 4 is 40.6 Å². The lowest BCUT2D eigenvalue weighted by atomic mass is 10.1. The Morgan fingerprint density at radius 1 is 1.36 bits per heavy atom. The van der Waals surface area contributed by atoms with Gasteiger partial charge in [-0.3, -0.25) is 9.69 Å². The van der Waals surface area contributed by atoms with Crippen molar-refractivity contribution in [2.75, 3.05) is 17.3 Å². The van der Waals surface area contributed by atoms with Crippen LogP contribution in [0.15, 0.2) is 36.5 Å². The maximum absolute atomic E-state index is 12.0. The molecule has 1 aromatic carbocycles. The van der Waals surface area contributed by atoms with E-state index in [2.05, 4.69) is 11.2 Å². The minimum atomic E-state index is -0.272. The van der Waals surface area contributed by atoms with Crippen LogP contribution in [0.4, 0.5) is 5.82 Å². The maximum Gasteiger partial charge on any atom is 0.243 e. The lowest BCUT2D eigenvalue weighted by molar-refractivity contribution is -0.116. The van der Waals surface area contributed by atoms with Crippen molar-refractivity contribution in [2.45, 2.75) is 0 Å². The van der Waals surface area contributed by atoms with Crippen LogP contribution in [-0.2, 0) is 4.79 Å². The van der Waals surface area contributed by atoms with Crippen LogP contribution in [0.1, 0.15) is 11.1 Å². The SMILES string of the molecule is N#Cc1cnn2c1N(C(=O)CCl)CC=C2c1ccc(Cl)cc1. The number of carbonyl (C=O) groups is 1. The molecule has 7 heteroatoms. The summed E-state index contributed by atoms with van der Waals surface area (Å²) in [7, 11) is 0. The average molecular weight is 333 g/mol. The molecule has 5 nitrogen and oxygen atoms in total. The molecule has 0 aliphatic carbocycles. The number of halogens is 2. The number of benzene rings is 1. The van der Waals surface area contributed by atoms with Crippen molar-refractivity contribution in [1.29, 1.82) is 5.26 Å². The third kappa shape index (κ3) is 2.37. The number of amides is 1. The topological polar surface area (TPSA) is 61.9 Å². The molecule has 2 aromatic rings. The first-order valence-electron chi connectivity index (χ1n) is 6.46. The molecule has 3 rings (SSSR count). The number of hydrogen-bond donors (Lipinski definition) is 0. The summed E-state index contributed by atoms with van der Waals surface area (Å²) in [6.45, 7) is 0.337. The van der Waals surface area contributed by atoms with Crippen molar-refractivity contribution in [2.24, 2.45) is 0 Å². The normalized spacial score (nSPS) is 13.3. The Hall–Kier alpha value is -2.29. The van der Waals surface area contributed by atoms with Crippen molar-refractivity contribution in [1.82, 2.24) is 9.78 Å². The maximum atomic E-state index is 12.0. The Balaban J connectivity index is 2.12. The Labute approximate surface area is 137 Å². The van der Waals surface area contributed by atoms with Gasteiger partial charge in [0, 0.05) is 17.1 Å². The number of fused-ring (bicyclic) bond motifs is 1. The second-order valence-corrected chi connectivity index (χ2v) is 5.34. The molecule has 22 heavy (non-hydrogen) atoms. The van der Waals surface area contributed by atoms with Crippen molar-refractivity contribution in [3.05, 3.63) is 52.7 Å². The van der Waals surface area contributed by atoms with Crippen LogP contribution >= 0.6 is 23.2 Å². The largest absolute Gasteiger partial charge is 0.291 e. The summed E-state index contributed by atoms with van der Waals surface area (Å²) >= 11 is 11.6. The smallest absolute Gasteiger partial charge is 0.243 e. The third-order valence-corrected chi connectivity index (χ3v) is 3.85. The van der Waals surface area contributed by atoms with Crippen LogP contribution in [-0.4, -0.2) is 28.1 Å². The summed E-state index contributed by atoms with van der Waals surface area (Å²) in [5, 5.41) is 14.1. The lowest BCUT2D eigenvalue weighted by Crippen LogP contribution is -2.37. The monoisotopic (exact) mass is 332 g/mol. The number of nitrogens with zero attached hydrogens (tertiary/aromatic N) is 4. The van der Waals surface area contributed by atoms with Crippen LogP contribution in [0.2, 0.25) is 5.02 Å². The van der Waals surface area contributed by atoms with Gasteiger partial charge in [-0.25, -0.2) is 4.68 Å². The minimum Gasteiger partial charge on any atom is -0.291 e. The van der Waals surface area contributed by atoms with Gasteiger partial charge in [0.2, 0.25) is 5.91 Å². The van der Waals surface area contributed by atoms with Crippen molar-refractivity contribution < 1.29 is 4.79 Å². The van der Waals surface area contributed by atoms with E-state index < -0.39 is 0 Å². The third-order valence-electron chi connectivity index (χ3n) is 3.37. The fourth-order valence-electron chi connectivity index (χ4n) is 2.36. The van der Waals surface area contributed by atoms with Crippen LogP contribution < -0.4 is 4.90 Å². The van der Waals surface area contributed by atoms with Gasteiger partial charge >= 0.3 is 0 Å². The van der Waals surface area contributed by atoms with Gasteiger partial charge in [-0.2, -0.15) is 10.4 Å². The second-order valence-electron chi connectivity index (χ2n) is 4.64. The first-order valence-corrected chi connectivity index (χ1v) is 7.38. The molecule has 0 atom stereocenters. The molecule has 0 radical (unpaired) electrons. The van der Waals surface area contributed by atoms with Gasteiger partial charge in [-0.1, -0.05) is 23.7 Å². The number of aromatic nitrogens is 2. The summed E-state index contributed by atoms with van der Waals surface area (Å²) in [5.41, 5.74) is 2.03. The van der Waals surface area contributed by atoms with Crippen LogP contribution in [0.3, 0.4) is 0 Å². The highest BCUT2D eigenvalue weighted by atomic mass is 35.5. The second kappa shape index (κ2) is 5.84. The molecule has 1 aliphatic heterocycles. The van der Waals surface area contributed by atoms with Gasteiger partial charge in [0.1, 0.15) is 17.5 Å². The van der Waals surface area contributed by atoms with E-state index in [4.69, 9.17) is 23.2 Å². The highest BCUT2D eigenvalue weighted by Gasteiger charge is 2.28. The van der Waals surface area contributed by atoms with Gasteiger partial charge in [0.05, 0.1) is 11.9 Å². The van der Waals surface area contributed by atoms with E-state index in [9.17, 15) is 10.1 Å². The van der Waals surface area contributed by atoms with E-state index in [1.807, 2.05) is 18.2 Å². The summed E-state index contributed by atoms with van der Waals surface area (Å²) in [5.74, 6) is 0.0205. The van der Waals surface area contributed by atoms with Crippen LogP contribution in [0.5, 0.6) is 0 Å². The van der Waals surface area contributed by atoms with Gasteiger partial charge in [-0.15, -0.1) is 11.6 Å². The molecule has 0 saturated heterocycles. The predicted molar refractivity (Wildman–Crippen MR) is 84.8 cm³/mol. The molecule has 1 aliphatic rings. The van der Waals surface area contributed by atoms with E-state index in [1.165, 1.54) is 11.1 Å². The Kier molecular flexibility index (Phi) is 3.88. The van der Waals surface area contributed by atoms with Crippen molar-refractivity contribution in [3.63, 3.8) is 0 Å². The summed E-state index contributed by atoms with van der Waals surface area (Å²) < 4.78 is 1.58. The molecule has 0 N–H and O–H groups in total. The first-order chi connectivity index (χ1) is 10.7. The number of hydrogen-bond acceptors (Lipinski definition) is 3. The number of anilines is 1. The minimum absolute atomic E-state index is 0.153.